The third-order valence-electron chi connectivity index (χ3n) is 4.67. The van der Waals surface area contributed by atoms with Gasteiger partial charge in [0, 0.05) is 26.3 Å². The summed E-state index contributed by atoms with van der Waals surface area (Å²) >= 11 is 0. The summed E-state index contributed by atoms with van der Waals surface area (Å²) in [6, 6.07) is 13.2. The number of carbonyl (C=O) groups is 1. The van der Waals surface area contributed by atoms with Gasteiger partial charge in [-0.3, -0.25) is 0 Å². The van der Waals surface area contributed by atoms with E-state index < -0.39 is 5.97 Å². The van der Waals surface area contributed by atoms with Gasteiger partial charge >= 0.3 is 5.97 Å². The number of methoxy groups -OCH3 is 3. The average molecular weight is 444 g/mol. The molecular formula is C24H33N3O5. The van der Waals surface area contributed by atoms with Crippen LogP contribution < -0.4 is 20.1 Å². The second-order valence-electron chi connectivity index (χ2n) is 6.87. The van der Waals surface area contributed by atoms with Crippen molar-refractivity contribution >= 4 is 11.9 Å². The van der Waals surface area contributed by atoms with Crippen LogP contribution in [0.15, 0.2) is 47.5 Å². The molecule has 2 rings (SSSR count). The number of carbonyl (C=O) groups excluding carboxylic acids is 1. The Hall–Kier alpha value is -3.26. The maximum Gasteiger partial charge on any atom is 0.341 e. The Morgan fingerprint density at radius 1 is 0.969 bits per heavy atom. The molecule has 0 bridgehead atoms. The first kappa shape index (κ1) is 25.0. The van der Waals surface area contributed by atoms with Gasteiger partial charge in [0.05, 0.1) is 27.9 Å². The fourth-order valence-corrected chi connectivity index (χ4v) is 2.92. The SMILES string of the molecule is CCOCCCNC(=NCc1ccc(OC)c(C(=O)OC)c1)NCc1ccc(OC)cc1. The quantitative estimate of drug-likeness (QED) is 0.225. The lowest BCUT2D eigenvalue weighted by atomic mass is 10.1. The molecule has 174 valence electrons. The first-order valence-electron chi connectivity index (χ1n) is 10.6. The van der Waals surface area contributed by atoms with Gasteiger partial charge in [-0.25, -0.2) is 9.79 Å². The smallest absolute Gasteiger partial charge is 0.341 e. The number of hydrogen-bond donors (Lipinski definition) is 2. The molecule has 0 saturated carbocycles. The Morgan fingerprint density at radius 2 is 1.72 bits per heavy atom. The molecule has 0 aliphatic carbocycles. The van der Waals surface area contributed by atoms with Crippen LogP contribution in [0.1, 0.15) is 34.8 Å². The average Bonchev–Trinajstić information content (AvgIpc) is 2.84. The molecule has 0 aromatic heterocycles. The molecule has 8 nitrogen and oxygen atoms in total. The second kappa shape index (κ2) is 13.9. The first-order chi connectivity index (χ1) is 15.6. The van der Waals surface area contributed by atoms with E-state index in [0.717, 1.165) is 29.8 Å². The maximum atomic E-state index is 12.0. The molecule has 2 N–H and O–H groups in total. The molecule has 0 aliphatic rings. The zero-order valence-electron chi connectivity index (χ0n) is 19.3. The number of hydrogen-bond acceptors (Lipinski definition) is 6. The van der Waals surface area contributed by atoms with E-state index in [1.807, 2.05) is 37.3 Å². The lowest BCUT2D eigenvalue weighted by molar-refractivity contribution is 0.0597. The topological polar surface area (TPSA) is 90.4 Å². The largest absolute Gasteiger partial charge is 0.497 e. The van der Waals surface area contributed by atoms with Gasteiger partial charge < -0.3 is 29.6 Å². The fourth-order valence-electron chi connectivity index (χ4n) is 2.92. The highest BCUT2D eigenvalue weighted by Gasteiger charge is 2.13. The van der Waals surface area contributed by atoms with Gasteiger partial charge in [-0.2, -0.15) is 0 Å². The summed E-state index contributed by atoms with van der Waals surface area (Å²) in [4.78, 5) is 16.7. The van der Waals surface area contributed by atoms with Gasteiger partial charge in [-0.05, 0) is 48.7 Å². The van der Waals surface area contributed by atoms with E-state index in [2.05, 4.69) is 15.6 Å². The zero-order valence-corrected chi connectivity index (χ0v) is 19.3. The number of nitrogens with zero attached hydrogens (tertiary/aromatic N) is 1. The number of nitrogens with one attached hydrogen (secondary N) is 2. The highest BCUT2D eigenvalue weighted by atomic mass is 16.5. The van der Waals surface area contributed by atoms with Crippen LogP contribution in [0.5, 0.6) is 11.5 Å². The van der Waals surface area contributed by atoms with Crippen LogP contribution in [0, 0.1) is 0 Å². The molecular weight excluding hydrogens is 410 g/mol. The Bertz CT molecular complexity index is 868. The van der Waals surface area contributed by atoms with Crippen LogP contribution >= 0.6 is 0 Å². The van der Waals surface area contributed by atoms with Gasteiger partial charge in [-0.1, -0.05) is 18.2 Å². The third-order valence-corrected chi connectivity index (χ3v) is 4.67. The van der Waals surface area contributed by atoms with E-state index in [9.17, 15) is 4.79 Å². The number of aliphatic imine (C=N–C) groups is 1. The Labute approximate surface area is 189 Å². The molecule has 0 fully saturated rings. The van der Waals surface area contributed by atoms with Crippen LogP contribution in [-0.4, -0.2) is 53.0 Å². The third kappa shape index (κ3) is 8.11. The lowest BCUT2D eigenvalue weighted by Crippen LogP contribution is -2.37. The molecule has 0 radical (unpaired) electrons. The van der Waals surface area contributed by atoms with Crippen molar-refractivity contribution in [3.8, 4) is 11.5 Å². The van der Waals surface area contributed by atoms with E-state index >= 15 is 0 Å². The molecule has 0 spiro atoms. The molecule has 0 aliphatic heterocycles. The summed E-state index contributed by atoms with van der Waals surface area (Å²) in [5.41, 5.74) is 2.35. The van der Waals surface area contributed by atoms with E-state index in [0.29, 0.717) is 43.6 Å². The van der Waals surface area contributed by atoms with Crippen molar-refractivity contribution in [2.75, 3.05) is 41.1 Å². The molecule has 0 atom stereocenters. The minimum absolute atomic E-state index is 0.375. The van der Waals surface area contributed by atoms with Crippen LogP contribution in [-0.2, 0) is 22.6 Å². The highest BCUT2D eigenvalue weighted by Crippen LogP contribution is 2.21. The molecule has 8 heteroatoms. The van der Waals surface area contributed by atoms with E-state index in [-0.39, 0.29) is 0 Å². The molecule has 0 saturated heterocycles. The molecule has 2 aromatic carbocycles. The van der Waals surface area contributed by atoms with Gasteiger partial charge in [0.1, 0.15) is 17.1 Å². The fraction of sp³-hybridized carbons (Fsp3) is 0.417. The van der Waals surface area contributed by atoms with Crippen molar-refractivity contribution in [1.82, 2.24) is 10.6 Å². The zero-order chi connectivity index (χ0) is 23.2. The number of rotatable bonds is 12. The maximum absolute atomic E-state index is 12.0. The Kier molecular flexibility index (Phi) is 10.9. The van der Waals surface area contributed by atoms with E-state index in [1.54, 1.807) is 19.2 Å². The van der Waals surface area contributed by atoms with Crippen LogP contribution in [0.2, 0.25) is 0 Å². The van der Waals surface area contributed by atoms with Gasteiger partial charge in [0.25, 0.3) is 0 Å². The standard InChI is InChI=1S/C24H33N3O5/c1-5-32-14-6-13-25-24(26-16-18-7-10-20(29-2)11-8-18)27-17-19-9-12-22(30-3)21(15-19)23(28)31-4/h7-12,15H,5-6,13-14,16-17H2,1-4H3,(H2,25,26,27). The molecule has 0 unspecified atom stereocenters. The van der Waals surface area contributed by atoms with E-state index in [1.165, 1.54) is 14.2 Å². The van der Waals surface area contributed by atoms with Crippen LogP contribution in [0.3, 0.4) is 0 Å². The highest BCUT2D eigenvalue weighted by molar-refractivity contribution is 5.92. The summed E-state index contributed by atoms with van der Waals surface area (Å²) in [5.74, 6) is 1.52. The van der Waals surface area contributed by atoms with Crippen LogP contribution in [0.4, 0.5) is 0 Å². The predicted molar refractivity (Wildman–Crippen MR) is 124 cm³/mol. The minimum Gasteiger partial charge on any atom is -0.497 e. The van der Waals surface area contributed by atoms with Gasteiger partial charge in [0.15, 0.2) is 5.96 Å². The Balaban J connectivity index is 2.08. The van der Waals surface area contributed by atoms with Crippen LogP contribution in [0.25, 0.3) is 0 Å². The van der Waals surface area contributed by atoms with Crippen molar-refractivity contribution < 1.29 is 23.7 Å². The molecule has 0 heterocycles. The Morgan fingerprint density at radius 3 is 2.38 bits per heavy atom. The van der Waals surface area contributed by atoms with Crippen molar-refractivity contribution in [1.29, 1.82) is 0 Å². The summed E-state index contributed by atoms with van der Waals surface area (Å²) in [6.45, 7) is 5.10. The summed E-state index contributed by atoms with van der Waals surface area (Å²) in [6.07, 6.45) is 0.867. The predicted octanol–water partition coefficient (Wildman–Crippen LogP) is 3.15. The summed E-state index contributed by atoms with van der Waals surface area (Å²) < 4.78 is 20.7. The molecule has 2 aromatic rings. The number of guanidine groups is 1. The number of benzene rings is 2. The normalized spacial score (nSPS) is 11.1. The minimum atomic E-state index is -0.445. The lowest BCUT2D eigenvalue weighted by Gasteiger charge is -2.14. The van der Waals surface area contributed by atoms with Crippen molar-refractivity contribution in [2.24, 2.45) is 4.99 Å². The monoisotopic (exact) mass is 443 g/mol. The number of ether oxygens (including phenoxy) is 4. The van der Waals surface area contributed by atoms with Gasteiger partial charge in [-0.15, -0.1) is 0 Å². The molecule has 0 amide bonds. The first-order valence-corrected chi connectivity index (χ1v) is 10.6. The van der Waals surface area contributed by atoms with E-state index in [4.69, 9.17) is 18.9 Å². The van der Waals surface area contributed by atoms with Crippen molar-refractivity contribution in [2.45, 2.75) is 26.4 Å². The van der Waals surface area contributed by atoms with Crippen molar-refractivity contribution in [3.63, 3.8) is 0 Å². The summed E-state index contributed by atoms with van der Waals surface area (Å²) in [5, 5.41) is 6.68. The van der Waals surface area contributed by atoms with Crippen molar-refractivity contribution in [3.05, 3.63) is 59.2 Å². The second-order valence-corrected chi connectivity index (χ2v) is 6.87. The molecule has 32 heavy (non-hydrogen) atoms. The summed E-state index contributed by atoms with van der Waals surface area (Å²) in [7, 11) is 4.52. The van der Waals surface area contributed by atoms with Gasteiger partial charge in [0.2, 0.25) is 0 Å². The number of esters is 1.